The number of hydrogen-bond acceptors (Lipinski definition) is 16. The first kappa shape index (κ1) is 49.2. The third-order valence-electron chi connectivity index (χ3n) is 15.4. The van der Waals surface area contributed by atoms with Gasteiger partial charge in [0.15, 0.2) is 18.7 Å². The van der Waals surface area contributed by atoms with Crippen molar-refractivity contribution in [3.8, 4) is 5.75 Å². The van der Waals surface area contributed by atoms with Gasteiger partial charge in [-0.25, -0.2) is 4.79 Å². The summed E-state index contributed by atoms with van der Waals surface area (Å²) in [5.41, 5.74) is 5.77. The number of esters is 1. The first-order valence-electron chi connectivity index (χ1n) is 21.9. The number of phenols is 1. The van der Waals surface area contributed by atoms with E-state index in [9.17, 15) is 50.1 Å². The molecule has 10 N–H and O–H groups in total. The number of fused-ring (bicyclic) bond motifs is 3. The number of amides is 1. The number of aromatic hydroxyl groups is 1. The Morgan fingerprint density at radius 3 is 2.29 bits per heavy atom. The number of aliphatic hydroxyl groups is 5. The van der Waals surface area contributed by atoms with Crippen molar-refractivity contribution < 1.29 is 78.6 Å². The third kappa shape index (κ3) is 9.28. The van der Waals surface area contributed by atoms with Crippen molar-refractivity contribution in [2.75, 3.05) is 13.7 Å². The Kier molecular flexibility index (Phi) is 14.8. The first-order chi connectivity index (χ1) is 29.5. The summed E-state index contributed by atoms with van der Waals surface area (Å²) in [4.78, 5) is 37.8. The zero-order chi connectivity index (χ0) is 46.5. The summed E-state index contributed by atoms with van der Waals surface area (Å²) < 4.78 is 36.7. The fourth-order valence-corrected chi connectivity index (χ4v) is 12.1. The highest BCUT2D eigenvalue weighted by Gasteiger charge is 2.65. The Hall–Kier alpha value is -3.27. The van der Waals surface area contributed by atoms with E-state index in [1.807, 2.05) is 13.8 Å². The second kappa shape index (κ2) is 18.9. The standard InChI is InChI=1S/C45H68N2O16/c1-20-12-13-30-44(6,25(20)17-26(58-8)31(46)39(55)56)15-14-29-43(4,5)38(54)27(18-45(29,30)7)60-42-35(53)37(36(21(2)59-42)62-40(57)23-10-9-11-24(50)16-23)63-41-32(47-22(3)49)34(52)33(51)28(19-48)61-41/h9-12,16,21,25-38,41-42,48,50-54H,13-15,17-19,46H2,1-8H3,(H,47,49)(H,55,56)/t21-,25?,26?,27?,28-,29?,30?,31?,32+,33-,34-,35+,36-,37-,38?,41+,42+,44?,45?/m1/s1. The van der Waals surface area contributed by atoms with Crippen LogP contribution in [0.15, 0.2) is 35.9 Å². The second-order valence-electron chi connectivity index (χ2n) is 19.6. The Morgan fingerprint density at radius 1 is 0.968 bits per heavy atom. The number of benzene rings is 1. The lowest BCUT2D eigenvalue weighted by atomic mass is 9.39. The molecule has 2 aliphatic heterocycles. The molecule has 5 aliphatic rings. The lowest BCUT2D eigenvalue weighted by Gasteiger charge is -2.67. The van der Waals surface area contributed by atoms with E-state index in [4.69, 9.17) is 34.2 Å². The van der Waals surface area contributed by atoms with E-state index in [-0.39, 0.29) is 34.5 Å². The second-order valence-corrected chi connectivity index (χ2v) is 19.6. The van der Waals surface area contributed by atoms with Gasteiger partial charge in [0.05, 0.1) is 36.6 Å². The van der Waals surface area contributed by atoms with Crippen molar-refractivity contribution >= 4 is 17.8 Å². The summed E-state index contributed by atoms with van der Waals surface area (Å²) in [5, 5.41) is 78.6. The van der Waals surface area contributed by atoms with Crippen LogP contribution >= 0.6 is 0 Å². The topological polar surface area (TPSA) is 286 Å². The molecule has 3 aliphatic carbocycles. The van der Waals surface area contributed by atoms with Gasteiger partial charge >= 0.3 is 11.9 Å². The molecule has 2 heterocycles. The van der Waals surface area contributed by atoms with E-state index in [0.717, 1.165) is 24.8 Å². The third-order valence-corrected chi connectivity index (χ3v) is 15.4. The van der Waals surface area contributed by atoms with Crippen LogP contribution in [0.25, 0.3) is 0 Å². The molecule has 9 unspecified atom stereocenters. The molecule has 19 atom stereocenters. The number of nitrogens with two attached hydrogens (primary N) is 1. The van der Waals surface area contributed by atoms with Crippen molar-refractivity contribution in [1.29, 1.82) is 0 Å². The van der Waals surface area contributed by atoms with Crippen LogP contribution in [0.4, 0.5) is 0 Å². The molecule has 6 rings (SSSR count). The summed E-state index contributed by atoms with van der Waals surface area (Å²) in [6.07, 6.45) is -11.0. The van der Waals surface area contributed by atoms with Gasteiger partial charge in [0.1, 0.15) is 48.4 Å². The van der Waals surface area contributed by atoms with Gasteiger partial charge in [-0.2, -0.15) is 0 Å². The number of phenolic OH excluding ortho intramolecular Hbond substituents is 1. The summed E-state index contributed by atoms with van der Waals surface area (Å²) in [5.74, 6) is -2.82. The molecule has 2 saturated heterocycles. The lowest BCUT2D eigenvalue weighted by molar-refractivity contribution is -0.358. The van der Waals surface area contributed by atoms with Crippen molar-refractivity contribution in [2.45, 2.75) is 166 Å². The van der Waals surface area contributed by atoms with Gasteiger partial charge in [-0.1, -0.05) is 45.4 Å². The predicted octanol–water partition coefficient (Wildman–Crippen LogP) is 1.35. The van der Waals surface area contributed by atoms with Gasteiger partial charge in [-0.15, -0.1) is 0 Å². The molecule has 2 saturated carbocycles. The van der Waals surface area contributed by atoms with E-state index < -0.39 is 121 Å². The van der Waals surface area contributed by atoms with Crippen LogP contribution in [0.1, 0.15) is 90.9 Å². The monoisotopic (exact) mass is 892 g/mol. The highest BCUT2D eigenvalue weighted by Crippen LogP contribution is 2.69. The maximum atomic E-state index is 13.5. The average Bonchev–Trinajstić information content (AvgIpc) is 3.21. The minimum absolute atomic E-state index is 0.0231. The van der Waals surface area contributed by atoms with Gasteiger partial charge in [-0.3, -0.25) is 9.59 Å². The molecule has 354 valence electrons. The van der Waals surface area contributed by atoms with Crippen LogP contribution in [0.5, 0.6) is 5.75 Å². The molecular weight excluding hydrogens is 824 g/mol. The lowest BCUT2D eigenvalue weighted by Crippen LogP contribution is -2.68. The minimum atomic E-state index is -1.77. The molecule has 1 aromatic rings. The Morgan fingerprint density at radius 2 is 1.67 bits per heavy atom. The fourth-order valence-electron chi connectivity index (χ4n) is 12.1. The van der Waals surface area contributed by atoms with Gasteiger partial charge in [0.25, 0.3) is 0 Å². The van der Waals surface area contributed by atoms with E-state index in [1.165, 1.54) is 38.3 Å². The average molecular weight is 893 g/mol. The Bertz CT molecular complexity index is 1850. The highest BCUT2D eigenvalue weighted by atomic mass is 16.7. The van der Waals surface area contributed by atoms with E-state index in [0.29, 0.717) is 12.8 Å². The van der Waals surface area contributed by atoms with Crippen molar-refractivity contribution in [2.24, 2.45) is 39.7 Å². The van der Waals surface area contributed by atoms with Crippen LogP contribution in [-0.4, -0.2) is 153 Å². The zero-order valence-electron chi connectivity index (χ0n) is 37.3. The Labute approximate surface area is 368 Å². The predicted molar refractivity (Wildman–Crippen MR) is 222 cm³/mol. The van der Waals surface area contributed by atoms with Gasteiger partial charge in [0.2, 0.25) is 5.91 Å². The van der Waals surface area contributed by atoms with Crippen LogP contribution in [0.3, 0.4) is 0 Å². The van der Waals surface area contributed by atoms with Crippen LogP contribution in [0, 0.1) is 34.0 Å². The molecule has 0 radical (unpaired) electrons. The maximum Gasteiger partial charge on any atom is 0.338 e. The number of aliphatic hydroxyl groups excluding tert-OH is 5. The molecule has 0 spiro atoms. The fraction of sp³-hybridized carbons (Fsp3) is 0.756. The summed E-state index contributed by atoms with van der Waals surface area (Å²) in [6, 6.07) is 2.80. The summed E-state index contributed by atoms with van der Waals surface area (Å²) in [6.45, 7) is 12.6. The summed E-state index contributed by atoms with van der Waals surface area (Å²) >= 11 is 0. The smallest absolute Gasteiger partial charge is 0.338 e. The molecule has 4 fully saturated rings. The SMILES string of the molecule is COC(CC1C(C)=CCC2C1(C)CCC1C(C)(C)C(O)C(O[C@@H]3O[C@H](C)[C@@H](OC(=O)c4cccc(O)c4)[C@H](O[C@@H]4O[C@H](CO)[C@@H](O)[C@H](O)[C@@H]4NC(C)=O)[C@@H]3O)CC12C)C(N)C(=O)O. The molecule has 18 heteroatoms. The molecule has 1 aromatic carbocycles. The number of aliphatic carboxylic acids is 1. The van der Waals surface area contributed by atoms with Crippen molar-refractivity contribution in [1.82, 2.24) is 5.32 Å². The molecule has 63 heavy (non-hydrogen) atoms. The first-order valence-corrected chi connectivity index (χ1v) is 21.9. The molecule has 18 nitrogen and oxygen atoms in total. The molecule has 0 bridgehead atoms. The number of carbonyl (C=O) groups is 3. The molecular formula is C45H68N2O16. The van der Waals surface area contributed by atoms with Gasteiger partial charge < -0.3 is 75.2 Å². The largest absolute Gasteiger partial charge is 0.508 e. The van der Waals surface area contributed by atoms with Gasteiger partial charge in [-0.05, 0) is 98.1 Å². The van der Waals surface area contributed by atoms with Crippen molar-refractivity contribution in [3.05, 3.63) is 41.5 Å². The number of rotatable bonds is 13. The van der Waals surface area contributed by atoms with E-state index in [1.54, 1.807) is 6.92 Å². The Balaban J connectivity index is 1.32. The number of nitrogens with one attached hydrogen (secondary N) is 1. The highest BCUT2D eigenvalue weighted by molar-refractivity contribution is 5.90. The molecule has 1 amide bonds. The maximum absolute atomic E-state index is 13.5. The normalized spacial score (nSPS) is 42.1. The van der Waals surface area contributed by atoms with E-state index in [2.05, 4.69) is 32.2 Å². The number of hydrogen-bond donors (Lipinski definition) is 9. The number of carboxylic acid groups (broad SMARTS) is 1. The number of ether oxygens (including phenoxy) is 6. The van der Waals surface area contributed by atoms with Gasteiger partial charge in [0, 0.05) is 14.0 Å². The van der Waals surface area contributed by atoms with Crippen LogP contribution < -0.4 is 11.1 Å². The van der Waals surface area contributed by atoms with Crippen LogP contribution in [-0.2, 0) is 38.0 Å². The molecule has 0 aromatic heterocycles. The number of methoxy groups -OCH3 is 1. The van der Waals surface area contributed by atoms with Crippen LogP contribution in [0.2, 0.25) is 0 Å². The zero-order valence-corrected chi connectivity index (χ0v) is 37.3. The van der Waals surface area contributed by atoms with E-state index >= 15 is 0 Å². The number of carboxylic acids is 1. The summed E-state index contributed by atoms with van der Waals surface area (Å²) in [7, 11) is 1.48. The van der Waals surface area contributed by atoms with Crippen molar-refractivity contribution in [3.63, 3.8) is 0 Å². The number of allylic oxidation sites excluding steroid dienone is 2. The quantitative estimate of drug-likeness (QED) is 0.0768. The number of carbonyl (C=O) groups excluding carboxylic acids is 2. The minimum Gasteiger partial charge on any atom is -0.508 e.